The zero-order valence-electron chi connectivity index (χ0n) is 13.9. The Morgan fingerprint density at radius 1 is 1.36 bits per heavy atom. The van der Waals surface area contributed by atoms with Gasteiger partial charge in [-0.2, -0.15) is 23.5 Å². The Bertz CT molecular complexity index is 834. The first-order valence-electron chi connectivity index (χ1n) is 7.90. The van der Waals surface area contributed by atoms with E-state index in [2.05, 4.69) is 26.6 Å². The molecule has 132 valence electrons. The Balaban J connectivity index is 1.70. The van der Waals surface area contributed by atoms with Crippen molar-refractivity contribution in [2.24, 2.45) is 5.92 Å². The molecule has 0 aromatic carbocycles. The molecule has 2 aromatic rings. The van der Waals surface area contributed by atoms with E-state index < -0.39 is 11.9 Å². The Labute approximate surface area is 142 Å². The van der Waals surface area contributed by atoms with Gasteiger partial charge in [-0.15, -0.1) is 5.10 Å². The van der Waals surface area contributed by atoms with E-state index in [-0.39, 0.29) is 5.92 Å². The largest absolute Gasteiger partial charge is 0.434 e. The molecule has 0 saturated heterocycles. The summed E-state index contributed by atoms with van der Waals surface area (Å²) in [4.78, 5) is 3.68. The number of nitrogens with zero attached hydrogens (tertiary/aromatic N) is 5. The van der Waals surface area contributed by atoms with Crippen LogP contribution in [0.5, 0.6) is 0 Å². The summed E-state index contributed by atoms with van der Waals surface area (Å²) in [6, 6.07) is 2.12. The van der Waals surface area contributed by atoms with Crippen molar-refractivity contribution in [2.75, 3.05) is 11.9 Å². The van der Waals surface area contributed by atoms with Crippen LogP contribution in [0, 0.1) is 31.1 Å². The molecule has 6 nitrogen and oxygen atoms in total. The lowest BCUT2D eigenvalue weighted by atomic mass is 9.99. The minimum Gasteiger partial charge on any atom is -0.367 e. The van der Waals surface area contributed by atoms with Gasteiger partial charge in [-0.1, -0.05) is 0 Å². The van der Waals surface area contributed by atoms with Crippen molar-refractivity contribution >= 4 is 5.82 Å². The molecule has 0 bridgehead atoms. The molecule has 1 aliphatic heterocycles. The summed E-state index contributed by atoms with van der Waals surface area (Å²) in [5.41, 5.74) is 1.08. The maximum Gasteiger partial charge on any atom is 0.434 e. The predicted octanol–water partition coefficient (Wildman–Crippen LogP) is 2.85. The lowest BCUT2D eigenvalue weighted by Crippen LogP contribution is -2.26. The molecule has 1 aliphatic rings. The molecular formula is C16H17F3N6. The van der Waals surface area contributed by atoms with Crippen LogP contribution < -0.4 is 5.32 Å². The van der Waals surface area contributed by atoms with Gasteiger partial charge in [0.05, 0.1) is 5.69 Å². The van der Waals surface area contributed by atoms with Crippen LogP contribution in [0.3, 0.4) is 0 Å². The van der Waals surface area contributed by atoms with E-state index in [0.717, 1.165) is 18.2 Å². The number of hydrogen-bond donors (Lipinski definition) is 1. The van der Waals surface area contributed by atoms with Crippen molar-refractivity contribution in [3.63, 3.8) is 0 Å². The van der Waals surface area contributed by atoms with Gasteiger partial charge >= 0.3 is 6.18 Å². The molecule has 3 rings (SSSR count). The summed E-state index contributed by atoms with van der Waals surface area (Å²) in [5, 5.41) is 20.4. The fourth-order valence-corrected chi connectivity index (χ4v) is 2.93. The first-order chi connectivity index (χ1) is 11.8. The Kier molecular flexibility index (Phi) is 4.37. The standard InChI is InChI=1S/C16H17F3N6/c1-9-10(2)23-24-15(12(9)5-20)21-6-11-3-4-14-22-13(16(17,18)19)8-25(14)7-11/h8,11H,3-4,6-7H2,1-2H3,(H,21,24)/t11-/m1/s1. The first kappa shape index (κ1) is 17.2. The van der Waals surface area contributed by atoms with Gasteiger partial charge in [-0.25, -0.2) is 4.98 Å². The van der Waals surface area contributed by atoms with Crippen molar-refractivity contribution in [3.8, 4) is 6.07 Å². The SMILES string of the molecule is Cc1nnc(NC[C@H]2CCc3nc(C(F)(F)F)cn3C2)c(C#N)c1C. The van der Waals surface area contributed by atoms with E-state index in [0.29, 0.717) is 42.4 Å². The number of aryl methyl sites for hydroxylation is 2. The summed E-state index contributed by atoms with van der Waals surface area (Å²) in [5.74, 6) is 1.00. The molecule has 0 saturated carbocycles. The van der Waals surface area contributed by atoms with Crippen LogP contribution in [0.25, 0.3) is 0 Å². The van der Waals surface area contributed by atoms with Crippen LogP contribution in [-0.4, -0.2) is 26.3 Å². The second-order valence-electron chi connectivity index (χ2n) is 6.22. The summed E-state index contributed by atoms with van der Waals surface area (Å²) in [6.07, 6.45) is -2.14. The molecule has 9 heteroatoms. The number of aromatic nitrogens is 4. The third-order valence-corrected chi connectivity index (χ3v) is 4.51. The van der Waals surface area contributed by atoms with Gasteiger partial charge in [0.25, 0.3) is 0 Å². The highest BCUT2D eigenvalue weighted by Gasteiger charge is 2.35. The molecule has 0 aliphatic carbocycles. The summed E-state index contributed by atoms with van der Waals surface area (Å²) >= 11 is 0. The van der Waals surface area contributed by atoms with Gasteiger partial charge in [0.15, 0.2) is 11.5 Å². The van der Waals surface area contributed by atoms with Gasteiger partial charge in [0.2, 0.25) is 0 Å². The number of nitrogens with one attached hydrogen (secondary N) is 1. The highest BCUT2D eigenvalue weighted by Crippen LogP contribution is 2.30. The molecule has 1 N–H and O–H groups in total. The van der Waals surface area contributed by atoms with Crippen LogP contribution in [0.2, 0.25) is 0 Å². The van der Waals surface area contributed by atoms with Crippen LogP contribution in [0.15, 0.2) is 6.20 Å². The fraction of sp³-hybridized carbons (Fsp3) is 0.500. The van der Waals surface area contributed by atoms with E-state index in [4.69, 9.17) is 0 Å². The van der Waals surface area contributed by atoms with Crippen molar-refractivity contribution in [3.05, 3.63) is 34.5 Å². The fourth-order valence-electron chi connectivity index (χ4n) is 2.93. The van der Waals surface area contributed by atoms with Crippen molar-refractivity contribution in [2.45, 2.75) is 39.4 Å². The summed E-state index contributed by atoms with van der Waals surface area (Å²) in [6.45, 7) is 4.55. The van der Waals surface area contributed by atoms with E-state index in [1.54, 1.807) is 11.5 Å². The predicted molar refractivity (Wildman–Crippen MR) is 83.8 cm³/mol. The number of rotatable bonds is 3. The average Bonchev–Trinajstić information content (AvgIpc) is 2.99. The van der Waals surface area contributed by atoms with Gasteiger partial charge < -0.3 is 9.88 Å². The number of hydrogen-bond acceptors (Lipinski definition) is 5. The number of alkyl halides is 3. The third-order valence-electron chi connectivity index (χ3n) is 4.51. The number of imidazole rings is 1. The number of halogens is 3. The molecule has 3 heterocycles. The lowest BCUT2D eigenvalue weighted by Gasteiger charge is -2.24. The zero-order chi connectivity index (χ0) is 18.2. The Morgan fingerprint density at radius 2 is 2.12 bits per heavy atom. The molecule has 2 aromatic heterocycles. The third kappa shape index (κ3) is 3.43. The molecule has 0 radical (unpaired) electrons. The number of fused-ring (bicyclic) bond motifs is 1. The molecular weight excluding hydrogens is 333 g/mol. The second kappa shape index (κ2) is 6.35. The number of anilines is 1. The highest BCUT2D eigenvalue weighted by atomic mass is 19.4. The Hall–Kier alpha value is -2.63. The van der Waals surface area contributed by atoms with E-state index >= 15 is 0 Å². The van der Waals surface area contributed by atoms with Crippen molar-refractivity contribution < 1.29 is 13.2 Å². The molecule has 25 heavy (non-hydrogen) atoms. The second-order valence-corrected chi connectivity index (χ2v) is 6.22. The topological polar surface area (TPSA) is 79.4 Å². The smallest absolute Gasteiger partial charge is 0.367 e. The monoisotopic (exact) mass is 350 g/mol. The number of nitriles is 1. The minimum atomic E-state index is -4.42. The van der Waals surface area contributed by atoms with E-state index in [1.807, 2.05) is 6.92 Å². The van der Waals surface area contributed by atoms with Crippen molar-refractivity contribution in [1.82, 2.24) is 19.7 Å². The van der Waals surface area contributed by atoms with Crippen LogP contribution >= 0.6 is 0 Å². The van der Waals surface area contributed by atoms with Crippen molar-refractivity contribution in [1.29, 1.82) is 5.26 Å². The quantitative estimate of drug-likeness (QED) is 0.921. The van der Waals surface area contributed by atoms with E-state index in [9.17, 15) is 18.4 Å². The van der Waals surface area contributed by atoms with E-state index in [1.165, 1.54) is 0 Å². The Morgan fingerprint density at radius 3 is 2.80 bits per heavy atom. The summed E-state index contributed by atoms with van der Waals surface area (Å²) in [7, 11) is 0. The van der Waals surface area contributed by atoms with Gasteiger partial charge in [-0.3, -0.25) is 0 Å². The molecule has 1 atom stereocenters. The van der Waals surface area contributed by atoms with Crippen LogP contribution in [-0.2, 0) is 19.1 Å². The molecule has 0 fully saturated rings. The molecule has 0 unspecified atom stereocenters. The molecule has 0 spiro atoms. The van der Waals surface area contributed by atoms with Gasteiger partial charge in [0, 0.05) is 25.7 Å². The normalized spacial score (nSPS) is 17.0. The first-order valence-corrected chi connectivity index (χ1v) is 7.90. The van der Waals surface area contributed by atoms with Gasteiger partial charge in [-0.05, 0) is 31.7 Å². The highest BCUT2D eigenvalue weighted by molar-refractivity contribution is 5.55. The minimum absolute atomic E-state index is 0.123. The zero-order valence-corrected chi connectivity index (χ0v) is 13.9. The summed E-state index contributed by atoms with van der Waals surface area (Å²) < 4.78 is 39.8. The molecule has 0 amide bonds. The lowest BCUT2D eigenvalue weighted by molar-refractivity contribution is -0.141. The maximum atomic E-state index is 12.8. The maximum absolute atomic E-state index is 12.8. The van der Waals surface area contributed by atoms with Crippen LogP contribution in [0.1, 0.15) is 34.8 Å². The average molecular weight is 350 g/mol. The van der Waals surface area contributed by atoms with Gasteiger partial charge in [0.1, 0.15) is 17.5 Å². The van der Waals surface area contributed by atoms with Crippen LogP contribution in [0.4, 0.5) is 19.0 Å².